The van der Waals surface area contributed by atoms with Gasteiger partial charge in [-0.1, -0.05) is 66.7 Å². The Kier molecular flexibility index (Phi) is 4.91. The summed E-state index contributed by atoms with van der Waals surface area (Å²) in [7, 11) is 0. The third kappa shape index (κ3) is 3.93. The Morgan fingerprint density at radius 2 is 1.48 bits per heavy atom. The number of nitrogens with zero attached hydrogens (tertiary/aromatic N) is 2. The van der Waals surface area contributed by atoms with E-state index in [0.29, 0.717) is 11.1 Å². The number of nitriles is 1. The quantitative estimate of drug-likeness (QED) is 0.410. The first-order valence-corrected chi connectivity index (χ1v) is 7.71. The Balaban J connectivity index is 1.86. The highest BCUT2D eigenvalue weighted by molar-refractivity contribution is 5.90. The molecular formula is C21H15N2O2-. The number of rotatable bonds is 4. The average molecular weight is 327 g/mol. The minimum absolute atomic E-state index is 0.119. The number of anilines is 1. The van der Waals surface area contributed by atoms with Gasteiger partial charge in [0.15, 0.2) is 0 Å². The predicted molar refractivity (Wildman–Crippen MR) is 99.4 cm³/mol. The topological polar surface area (TPSA) is 70.3 Å². The molecule has 0 saturated carbocycles. The largest absolute Gasteiger partial charge is 0.733 e. The molecule has 25 heavy (non-hydrogen) atoms. The van der Waals surface area contributed by atoms with Crippen molar-refractivity contribution in [3.05, 3.63) is 95.2 Å². The first-order valence-electron chi connectivity index (χ1n) is 7.71. The van der Waals surface area contributed by atoms with Gasteiger partial charge in [-0.05, 0) is 40.5 Å². The minimum atomic E-state index is -0.207. The van der Waals surface area contributed by atoms with Crippen molar-refractivity contribution in [3.63, 3.8) is 0 Å². The van der Waals surface area contributed by atoms with Crippen molar-refractivity contribution < 1.29 is 5.21 Å². The Labute approximate surface area is 146 Å². The second-order valence-corrected chi connectivity index (χ2v) is 5.48. The summed E-state index contributed by atoms with van der Waals surface area (Å²) < 4.78 is 0. The molecule has 0 saturated heterocycles. The van der Waals surface area contributed by atoms with Gasteiger partial charge in [-0.3, -0.25) is 5.21 Å². The highest BCUT2D eigenvalue weighted by atomic mass is 16.8. The normalized spacial score (nSPS) is 11.0. The van der Waals surface area contributed by atoms with Gasteiger partial charge in [0, 0.05) is 0 Å². The van der Waals surface area contributed by atoms with E-state index < -0.39 is 0 Å². The van der Waals surface area contributed by atoms with E-state index in [1.807, 2.05) is 54.6 Å². The van der Waals surface area contributed by atoms with Crippen LogP contribution < -0.4 is 5.23 Å². The molecule has 0 aromatic heterocycles. The fraction of sp³-hybridized carbons (Fsp3) is 0. The van der Waals surface area contributed by atoms with Crippen LogP contribution in [0, 0.1) is 16.5 Å². The van der Waals surface area contributed by atoms with Gasteiger partial charge in [0.1, 0.15) is 0 Å². The van der Waals surface area contributed by atoms with E-state index >= 15 is 0 Å². The molecule has 3 rings (SSSR count). The van der Waals surface area contributed by atoms with Crippen LogP contribution in [-0.2, 0) is 0 Å². The number of benzene rings is 3. The maximum absolute atomic E-state index is 10.8. The van der Waals surface area contributed by atoms with Crippen molar-refractivity contribution in [2.75, 3.05) is 5.23 Å². The van der Waals surface area contributed by atoms with E-state index in [2.05, 4.69) is 6.07 Å². The van der Waals surface area contributed by atoms with E-state index in [9.17, 15) is 10.5 Å². The summed E-state index contributed by atoms with van der Waals surface area (Å²) in [5, 5.41) is 28.9. The van der Waals surface area contributed by atoms with Crippen molar-refractivity contribution in [1.82, 2.24) is 0 Å². The van der Waals surface area contributed by atoms with Crippen LogP contribution >= 0.6 is 0 Å². The van der Waals surface area contributed by atoms with Gasteiger partial charge < -0.3 is 10.4 Å². The highest BCUT2D eigenvalue weighted by Gasteiger charge is 2.03. The van der Waals surface area contributed by atoms with E-state index in [0.717, 1.165) is 16.7 Å². The highest BCUT2D eigenvalue weighted by Crippen LogP contribution is 2.23. The van der Waals surface area contributed by atoms with Crippen LogP contribution in [0.5, 0.6) is 0 Å². The Morgan fingerprint density at radius 3 is 2.04 bits per heavy atom. The van der Waals surface area contributed by atoms with Crippen molar-refractivity contribution in [1.29, 1.82) is 5.26 Å². The molecule has 0 aliphatic heterocycles. The molecule has 4 nitrogen and oxygen atoms in total. The summed E-state index contributed by atoms with van der Waals surface area (Å²) in [5.41, 5.74) is 4.44. The van der Waals surface area contributed by atoms with Gasteiger partial charge in [-0.15, -0.1) is 0 Å². The second-order valence-electron chi connectivity index (χ2n) is 5.48. The fourth-order valence-corrected chi connectivity index (χ4v) is 2.52. The molecule has 0 radical (unpaired) electrons. The lowest BCUT2D eigenvalue weighted by molar-refractivity contribution is 0.296. The molecule has 3 aromatic rings. The van der Waals surface area contributed by atoms with Crippen LogP contribution in [0.25, 0.3) is 22.8 Å². The molecule has 0 aliphatic rings. The van der Waals surface area contributed by atoms with E-state index in [1.54, 1.807) is 18.2 Å². The van der Waals surface area contributed by atoms with Gasteiger partial charge in [-0.2, -0.15) is 5.26 Å². The van der Waals surface area contributed by atoms with Gasteiger partial charge in [0.05, 0.1) is 17.3 Å². The molecule has 0 spiro atoms. The maximum atomic E-state index is 10.8. The number of allylic oxidation sites excluding steroid dienone is 1. The van der Waals surface area contributed by atoms with Crippen LogP contribution in [0.2, 0.25) is 0 Å². The smallest absolute Gasteiger partial charge is 0.0998 e. The molecule has 0 amide bonds. The van der Waals surface area contributed by atoms with Crippen LogP contribution in [0.4, 0.5) is 5.69 Å². The summed E-state index contributed by atoms with van der Waals surface area (Å²) in [6, 6.07) is 26.4. The number of hydrogen-bond donors (Lipinski definition) is 1. The maximum Gasteiger partial charge on any atom is 0.0998 e. The Bertz CT molecular complexity index is 907. The van der Waals surface area contributed by atoms with Crippen molar-refractivity contribution in [3.8, 4) is 17.2 Å². The van der Waals surface area contributed by atoms with Crippen molar-refractivity contribution in [2.45, 2.75) is 0 Å². The summed E-state index contributed by atoms with van der Waals surface area (Å²) in [5.74, 6) is 0. The molecule has 0 atom stereocenters. The molecule has 3 aromatic carbocycles. The van der Waals surface area contributed by atoms with Crippen LogP contribution in [0.1, 0.15) is 11.1 Å². The van der Waals surface area contributed by atoms with Gasteiger partial charge in [0.2, 0.25) is 0 Å². The monoisotopic (exact) mass is 327 g/mol. The van der Waals surface area contributed by atoms with Crippen molar-refractivity contribution >= 4 is 17.3 Å². The lowest BCUT2D eigenvalue weighted by Gasteiger charge is -2.21. The third-order valence-electron chi connectivity index (χ3n) is 3.85. The molecule has 0 heterocycles. The summed E-state index contributed by atoms with van der Waals surface area (Å²) in [4.78, 5) is 0. The molecule has 0 fully saturated rings. The number of hydrogen-bond acceptors (Lipinski definition) is 4. The molecule has 122 valence electrons. The third-order valence-corrected chi connectivity index (χ3v) is 3.85. The molecule has 0 unspecified atom stereocenters. The summed E-state index contributed by atoms with van der Waals surface area (Å²) in [6.45, 7) is 0. The average Bonchev–Trinajstić information content (AvgIpc) is 2.67. The fourth-order valence-electron chi connectivity index (χ4n) is 2.52. The zero-order chi connectivity index (χ0) is 17.6. The van der Waals surface area contributed by atoms with Crippen molar-refractivity contribution in [2.24, 2.45) is 0 Å². The summed E-state index contributed by atoms with van der Waals surface area (Å²) in [6.07, 6.45) is 1.79. The van der Waals surface area contributed by atoms with Gasteiger partial charge in [-0.25, -0.2) is 0 Å². The predicted octanol–water partition coefficient (Wildman–Crippen LogP) is 5.11. The zero-order valence-electron chi connectivity index (χ0n) is 13.3. The van der Waals surface area contributed by atoms with Crippen LogP contribution in [0.3, 0.4) is 0 Å². The lowest BCUT2D eigenvalue weighted by Crippen LogP contribution is -2.06. The molecular weight excluding hydrogens is 312 g/mol. The summed E-state index contributed by atoms with van der Waals surface area (Å²) >= 11 is 0. The Hall–Kier alpha value is -3.39. The van der Waals surface area contributed by atoms with Gasteiger partial charge >= 0.3 is 0 Å². The standard InChI is InChI=1S/C21H15N2O2/c22-15-20(19-10-12-21(13-11-19)23(24)25)14-16-6-8-18(9-7-16)17-4-2-1-3-5-17/h1-14,24H/q-1/b20-14-. The van der Waals surface area contributed by atoms with Crippen LogP contribution in [0.15, 0.2) is 78.9 Å². The van der Waals surface area contributed by atoms with Gasteiger partial charge in [0.25, 0.3) is 0 Å². The Morgan fingerprint density at radius 1 is 0.880 bits per heavy atom. The van der Waals surface area contributed by atoms with E-state index in [1.165, 1.54) is 12.1 Å². The SMILES string of the molecule is N#C/C(=C/c1ccc(-c2ccccc2)cc1)c1ccc(N([O-])O)cc1. The molecule has 0 aliphatic carbocycles. The van der Waals surface area contributed by atoms with E-state index in [-0.39, 0.29) is 10.9 Å². The zero-order valence-corrected chi connectivity index (χ0v) is 13.3. The minimum Gasteiger partial charge on any atom is -0.733 e. The first kappa shape index (κ1) is 16.5. The lowest BCUT2D eigenvalue weighted by atomic mass is 10.0. The molecule has 0 bridgehead atoms. The molecule has 1 N–H and O–H groups in total. The second kappa shape index (κ2) is 7.45. The van der Waals surface area contributed by atoms with Crippen LogP contribution in [-0.4, -0.2) is 5.21 Å². The van der Waals surface area contributed by atoms with E-state index in [4.69, 9.17) is 5.21 Å². The first-order chi connectivity index (χ1) is 12.2. The molecule has 4 heteroatoms.